The van der Waals surface area contributed by atoms with Crippen molar-refractivity contribution in [1.29, 1.82) is 0 Å². The Labute approximate surface area is 124 Å². The molecule has 0 fully saturated rings. The maximum absolute atomic E-state index is 11.9. The Morgan fingerprint density at radius 3 is 2.43 bits per heavy atom. The van der Waals surface area contributed by atoms with Crippen molar-refractivity contribution in [2.24, 2.45) is 5.92 Å². The maximum Gasteiger partial charge on any atom is 0.328 e. The molecule has 0 radical (unpaired) electrons. The van der Waals surface area contributed by atoms with Crippen LogP contribution < -0.4 is 5.32 Å². The van der Waals surface area contributed by atoms with Crippen LogP contribution in [0.25, 0.3) is 0 Å². The van der Waals surface area contributed by atoms with Gasteiger partial charge in [0.1, 0.15) is 6.04 Å². The van der Waals surface area contributed by atoms with Crippen LogP contribution in [0, 0.1) is 5.92 Å². The van der Waals surface area contributed by atoms with Gasteiger partial charge in [-0.05, 0) is 5.92 Å². The van der Waals surface area contributed by atoms with Crippen molar-refractivity contribution in [3.63, 3.8) is 0 Å². The first-order valence-electron chi connectivity index (χ1n) is 7.04. The Morgan fingerprint density at radius 1 is 1.29 bits per heavy atom. The van der Waals surface area contributed by atoms with Crippen LogP contribution in [0.15, 0.2) is 4.52 Å². The van der Waals surface area contributed by atoms with Crippen molar-refractivity contribution in [2.45, 2.75) is 52.5 Å². The summed E-state index contributed by atoms with van der Waals surface area (Å²) in [5, 5.41) is 6.50. The molecule has 1 rings (SSSR count). The molecule has 0 aliphatic heterocycles. The molecule has 118 valence electrons. The molecule has 1 N–H and O–H groups in total. The molecule has 1 heterocycles. The number of aromatic nitrogens is 2. The van der Waals surface area contributed by atoms with E-state index in [9.17, 15) is 9.59 Å². The molecular weight excluding hydrogens is 274 g/mol. The van der Waals surface area contributed by atoms with Gasteiger partial charge in [0.15, 0.2) is 5.82 Å². The number of esters is 1. The molecule has 7 heteroatoms. The summed E-state index contributed by atoms with van der Waals surface area (Å²) < 4.78 is 9.74. The zero-order valence-electron chi connectivity index (χ0n) is 13.2. The average molecular weight is 297 g/mol. The zero-order chi connectivity index (χ0) is 16.0. The van der Waals surface area contributed by atoms with Gasteiger partial charge in [-0.25, -0.2) is 4.79 Å². The Bertz CT molecular complexity index is 482. The number of aryl methyl sites for hydroxylation is 1. The Hall–Kier alpha value is -1.92. The summed E-state index contributed by atoms with van der Waals surface area (Å²) in [7, 11) is 1.30. The summed E-state index contributed by atoms with van der Waals surface area (Å²) >= 11 is 0. The lowest BCUT2D eigenvalue weighted by molar-refractivity contribution is -0.146. The minimum absolute atomic E-state index is 0.0441. The second kappa shape index (κ2) is 7.75. The summed E-state index contributed by atoms with van der Waals surface area (Å²) in [4.78, 5) is 27.6. The fourth-order valence-electron chi connectivity index (χ4n) is 1.69. The lowest BCUT2D eigenvalue weighted by Crippen LogP contribution is -2.45. The predicted octanol–water partition coefficient (Wildman–Crippen LogP) is 1.44. The quantitative estimate of drug-likeness (QED) is 0.765. The zero-order valence-corrected chi connectivity index (χ0v) is 13.2. The number of ether oxygens (including phenoxy) is 1. The maximum atomic E-state index is 11.9. The predicted molar refractivity (Wildman–Crippen MR) is 75.5 cm³/mol. The molecule has 1 atom stereocenters. The number of hydrogen-bond donors (Lipinski definition) is 1. The third kappa shape index (κ3) is 5.17. The molecule has 0 aromatic carbocycles. The number of carbonyl (C=O) groups excluding carboxylic acids is 2. The van der Waals surface area contributed by atoms with E-state index < -0.39 is 12.0 Å². The van der Waals surface area contributed by atoms with Crippen LogP contribution >= 0.6 is 0 Å². The van der Waals surface area contributed by atoms with Crippen LogP contribution in [-0.2, 0) is 20.7 Å². The highest BCUT2D eigenvalue weighted by molar-refractivity contribution is 5.84. The molecule has 1 amide bonds. The molecule has 0 bridgehead atoms. The number of methoxy groups -OCH3 is 1. The van der Waals surface area contributed by atoms with Gasteiger partial charge in [0.05, 0.1) is 7.11 Å². The first-order chi connectivity index (χ1) is 9.85. The number of amides is 1. The fourth-order valence-corrected chi connectivity index (χ4v) is 1.69. The summed E-state index contributed by atoms with van der Waals surface area (Å²) in [6.07, 6.45) is 0.525. The van der Waals surface area contributed by atoms with Gasteiger partial charge in [0, 0.05) is 18.8 Å². The van der Waals surface area contributed by atoms with E-state index in [1.807, 2.05) is 27.7 Å². The Balaban J connectivity index is 2.50. The van der Waals surface area contributed by atoms with Crippen molar-refractivity contribution in [3.05, 3.63) is 11.7 Å². The van der Waals surface area contributed by atoms with E-state index in [-0.39, 0.29) is 24.2 Å². The first-order valence-corrected chi connectivity index (χ1v) is 7.04. The molecule has 0 aliphatic carbocycles. The van der Waals surface area contributed by atoms with Crippen LogP contribution in [0.4, 0.5) is 0 Å². The molecule has 0 spiro atoms. The monoisotopic (exact) mass is 297 g/mol. The lowest BCUT2D eigenvalue weighted by atomic mass is 10.0. The number of nitrogens with one attached hydrogen (secondary N) is 1. The van der Waals surface area contributed by atoms with Crippen molar-refractivity contribution in [3.8, 4) is 0 Å². The van der Waals surface area contributed by atoms with Crippen molar-refractivity contribution in [1.82, 2.24) is 15.5 Å². The standard InChI is InChI=1S/C14H23N3O4/c1-8(2)12(14(19)20-5)15-10(18)6-7-11-16-13(9(3)4)17-21-11/h8-9,12H,6-7H2,1-5H3,(H,15,18). The van der Waals surface area contributed by atoms with E-state index in [1.165, 1.54) is 7.11 Å². The van der Waals surface area contributed by atoms with Gasteiger partial charge < -0.3 is 14.6 Å². The summed E-state index contributed by atoms with van der Waals surface area (Å²) in [6, 6.07) is -0.642. The highest BCUT2D eigenvalue weighted by Gasteiger charge is 2.24. The van der Waals surface area contributed by atoms with E-state index in [2.05, 4.69) is 20.2 Å². The van der Waals surface area contributed by atoms with Crippen LogP contribution in [0.5, 0.6) is 0 Å². The topological polar surface area (TPSA) is 94.3 Å². The first kappa shape index (κ1) is 17.1. The Morgan fingerprint density at radius 2 is 1.95 bits per heavy atom. The van der Waals surface area contributed by atoms with Crippen LogP contribution in [0.3, 0.4) is 0 Å². The van der Waals surface area contributed by atoms with Crippen molar-refractivity contribution in [2.75, 3.05) is 7.11 Å². The summed E-state index contributed by atoms with van der Waals surface area (Å²) in [5.41, 5.74) is 0. The molecule has 7 nitrogen and oxygen atoms in total. The molecule has 0 saturated heterocycles. The van der Waals surface area contributed by atoms with Crippen LogP contribution in [0.1, 0.15) is 51.7 Å². The number of rotatable bonds is 7. The molecule has 0 saturated carbocycles. The van der Waals surface area contributed by atoms with Gasteiger partial charge in [-0.3, -0.25) is 4.79 Å². The molecular formula is C14H23N3O4. The largest absolute Gasteiger partial charge is 0.467 e. The highest BCUT2D eigenvalue weighted by Crippen LogP contribution is 2.11. The average Bonchev–Trinajstić information content (AvgIpc) is 2.90. The van der Waals surface area contributed by atoms with E-state index in [0.29, 0.717) is 18.1 Å². The molecule has 1 unspecified atom stereocenters. The highest BCUT2D eigenvalue weighted by atomic mass is 16.5. The molecule has 1 aromatic heterocycles. The number of nitrogens with zero attached hydrogens (tertiary/aromatic N) is 2. The normalized spacial score (nSPS) is 12.5. The summed E-state index contributed by atoms with van der Waals surface area (Å²) in [6.45, 7) is 7.61. The minimum Gasteiger partial charge on any atom is -0.467 e. The van der Waals surface area contributed by atoms with Gasteiger partial charge in [0.25, 0.3) is 0 Å². The summed E-state index contributed by atoms with van der Waals surface area (Å²) in [5.74, 6) is 0.494. The Kier molecular flexibility index (Phi) is 6.33. The van der Waals surface area contributed by atoms with Gasteiger partial charge in [0.2, 0.25) is 11.8 Å². The molecule has 1 aromatic rings. The number of carbonyl (C=O) groups is 2. The van der Waals surface area contributed by atoms with Crippen LogP contribution in [-0.4, -0.2) is 35.2 Å². The molecule has 0 aliphatic rings. The smallest absolute Gasteiger partial charge is 0.328 e. The second-order valence-electron chi connectivity index (χ2n) is 5.51. The van der Waals surface area contributed by atoms with Gasteiger partial charge in [-0.2, -0.15) is 4.98 Å². The minimum atomic E-state index is -0.642. The second-order valence-corrected chi connectivity index (χ2v) is 5.51. The van der Waals surface area contributed by atoms with Gasteiger partial charge >= 0.3 is 5.97 Å². The van der Waals surface area contributed by atoms with E-state index >= 15 is 0 Å². The van der Waals surface area contributed by atoms with E-state index in [4.69, 9.17) is 4.52 Å². The third-order valence-corrected chi connectivity index (χ3v) is 3.00. The van der Waals surface area contributed by atoms with Gasteiger partial charge in [-0.1, -0.05) is 32.9 Å². The van der Waals surface area contributed by atoms with E-state index in [0.717, 1.165) is 0 Å². The van der Waals surface area contributed by atoms with Gasteiger partial charge in [-0.15, -0.1) is 0 Å². The third-order valence-electron chi connectivity index (χ3n) is 3.00. The fraction of sp³-hybridized carbons (Fsp3) is 0.714. The SMILES string of the molecule is COC(=O)C(NC(=O)CCc1nc(C(C)C)no1)C(C)C. The number of hydrogen-bond acceptors (Lipinski definition) is 6. The van der Waals surface area contributed by atoms with Crippen LogP contribution in [0.2, 0.25) is 0 Å². The lowest BCUT2D eigenvalue weighted by Gasteiger charge is -2.19. The van der Waals surface area contributed by atoms with Crippen molar-refractivity contribution >= 4 is 11.9 Å². The van der Waals surface area contributed by atoms with Crippen molar-refractivity contribution < 1.29 is 18.8 Å². The van der Waals surface area contributed by atoms with E-state index in [1.54, 1.807) is 0 Å². The molecule has 21 heavy (non-hydrogen) atoms.